The van der Waals surface area contributed by atoms with Crippen LogP contribution in [0.25, 0.3) is 0 Å². The lowest BCUT2D eigenvalue weighted by Gasteiger charge is -2.30. The average molecular weight is 309 g/mol. The number of ether oxygens (including phenoxy) is 1. The van der Waals surface area contributed by atoms with Crippen LogP contribution in [0.2, 0.25) is 0 Å². The minimum Gasteiger partial charge on any atom is -0.461 e. The zero-order chi connectivity index (χ0) is 16.1. The maximum Gasteiger partial charge on any atom is 0.309 e. The van der Waals surface area contributed by atoms with Crippen molar-refractivity contribution in [2.24, 2.45) is 11.8 Å². The molecular formula is C19H35NO2. The Labute approximate surface area is 136 Å². The molecule has 4 unspecified atom stereocenters. The van der Waals surface area contributed by atoms with Gasteiger partial charge in [-0.2, -0.15) is 0 Å². The summed E-state index contributed by atoms with van der Waals surface area (Å²) in [6.45, 7) is 9.70. The molecule has 128 valence electrons. The Bertz CT molecular complexity index is 341. The molecule has 0 N–H and O–H groups in total. The van der Waals surface area contributed by atoms with Crippen molar-refractivity contribution in [3.05, 3.63) is 0 Å². The van der Waals surface area contributed by atoms with E-state index in [0.29, 0.717) is 18.0 Å². The largest absolute Gasteiger partial charge is 0.461 e. The van der Waals surface area contributed by atoms with Crippen LogP contribution in [0, 0.1) is 11.8 Å². The minimum absolute atomic E-state index is 0.0104. The molecule has 0 radical (unpaired) electrons. The van der Waals surface area contributed by atoms with Crippen LogP contribution in [0.15, 0.2) is 0 Å². The third-order valence-corrected chi connectivity index (χ3v) is 5.79. The van der Waals surface area contributed by atoms with E-state index in [0.717, 1.165) is 19.4 Å². The highest BCUT2D eigenvalue weighted by molar-refractivity contribution is 5.73. The molecule has 0 aromatic heterocycles. The third kappa shape index (κ3) is 4.47. The minimum atomic E-state index is 0.0104. The van der Waals surface area contributed by atoms with Gasteiger partial charge < -0.3 is 4.74 Å². The van der Waals surface area contributed by atoms with E-state index in [2.05, 4.69) is 32.6 Å². The Morgan fingerprint density at radius 1 is 1.14 bits per heavy atom. The number of carbonyl (C=O) groups is 1. The summed E-state index contributed by atoms with van der Waals surface area (Å²) in [5.74, 6) is 0.786. The standard InChI is InChI=1S/C19H35NO2/c1-5-8-18(17-9-6-7-10-17)19(21)22-16(4)13-20-14(2)11-12-15(20)3/h14-18H,5-13H2,1-4H3. The molecule has 3 nitrogen and oxygen atoms in total. The van der Waals surface area contributed by atoms with E-state index in [-0.39, 0.29) is 18.0 Å². The quantitative estimate of drug-likeness (QED) is 0.653. The number of esters is 1. The number of carbonyl (C=O) groups excluding carboxylic acids is 1. The fourth-order valence-electron chi connectivity index (χ4n) is 4.44. The van der Waals surface area contributed by atoms with Gasteiger partial charge in [0.2, 0.25) is 0 Å². The van der Waals surface area contributed by atoms with Crippen molar-refractivity contribution in [3.8, 4) is 0 Å². The van der Waals surface area contributed by atoms with Crippen LogP contribution in [0.4, 0.5) is 0 Å². The van der Waals surface area contributed by atoms with Crippen LogP contribution in [-0.4, -0.2) is 35.6 Å². The number of nitrogens with zero attached hydrogens (tertiary/aromatic N) is 1. The molecule has 1 aliphatic heterocycles. The predicted molar refractivity (Wildman–Crippen MR) is 90.8 cm³/mol. The Kier molecular flexibility index (Phi) is 6.73. The smallest absolute Gasteiger partial charge is 0.309 e. The zero-order valence-electron chi connectivity index (χ0n) is 15.0. The second kappa shape index (κ2) is 8.33. The Morgan fingerprint density at radius 3 is 2.27 bits per heavy atom. The second-order valence-corrected chi connectivity index (χ2v) is 7.66. The summed E-state index contributed by atoms with van der Waals surface area (Å²) in [5.41, 5.74) is 0. The van der Waals surface area contributed by atoms with Crippen molar-refractivity contribution in [2.45, 2.75) is 97.2 Å². The van der Waals surface area contributed by atoms with Gasteiger partial charge in [-0.05, 0) is 58.8 Å². The second-order valence-electron chi connectivity index (χ2n) is 7.66. The molecule has 1 saturated heterocycles. The maximum absolute atomic E-state index is 12.6. The molecule has 2 aliphatic rings. The highest BCUT2D eigenvalue weighted by atomic mass is 16.5. The van der Waals surface area contributed by atoms with Crippen molar-refractivity contribution in [3.63, 3.8) is 0 Å². The lowest BCUT2D eigenvalue weighted by molar-refractivity contribution is -0.156. The Morgan fingerprint density at radius 2 is 1.73 bits per heavy atom. The molecule has 0 aromatic rings. The molecule has 1 heterocycles. The summed E-state index contributed by atoms with van der Waals surface area (Å²) < 4.78 is 5.86. The molecule has 4 atom stereocenters. The van der Waals surface area contributed by atoms with Gasteiger partial charge >= 0.3 is 5.97 Å². The molecule has 22 heavy (non-hydrogen) atoms. The molecule has 2 rings (SSSR count). The van der Waals surface area contributed by atoms with E-state index >= 15 is 0 Å². The summed E-state index contributed by atoms with van der Waals surface area (Å²) in [6.07, 6.45) is 9.62. The van der Waals surface area contributed by atoms with E-state index in [1.807, 2.05) is 0 Å². The first kappa shape index (κ1) is 17.8. The number of rotatable bonds is 7. The zero-order valence-corrected chi connectivity index (χ0v) is 15.0. The first-order chi connectivity index (χ1) is 10.5. The molecule has 0 spiro atoms. The SMILES string of the molecule is CCCC(C(=O)OC(C)CN1C(C)CCC1C)C1CCCC1. The van der Waals surface area contributed by atoms with Crippen LogP contribution in [0.3, 0.4) is 0 Å². The van der Waals surface area contributed by atoms with E-state index in [1.54, 1.807) is 0 Å². The third-order valence-electron chi connectivity index (χ3n) is 5.79. The van der Waals surface area contributed by atoms with Crippen molar-refractivity contribution in [2.75, 3.05) is 6.54 Å². The molecule has 1 saturated carbocycles. The molecule has 0 aromatic carbocycles. The maximum atomic E-state index is 12.6. The average Bonchev–Trinajstić information content (AvgIpc) is 3.10. The topological polar surface area (TPSA) is 29.5 Å². The van der Waals surface area contributed by atoms with Crippen molar-refractivity contribution < 1.29 is 9.53 Å². The summed E-state index contributed by atoms with van der Waals surface area (Å²) >= 11 is 0. The lowest BCUT2D eigenvalue weighted by atomic mass is 9.87. The van der Waals surface area contributed by atoms with E-state index in [1.165, 1.54) is 38.5 Å². The van der Waals surface area contributed by atoms with Crippen molar-refractivity contribution in [1.82, 2.24) is 4.90 Å². The highest BCUT2D eigenvalue weighted by Crippen LogP contribution is 2.34. The predicted octanol–water partition coefficient (Wildman–Crippen LogP) is 4.40. The van der Waals surface area contributed by atoms with Gasteiger partial charge in [0.1, 0.15) is 6.10 Å². The van der Waals surface area contributed by atoms with Gasteiger partial charge in [-0.15, -0.1) is 0 Å². The van der Waals surface area contributed by atoms with Crippen LogP contribution >= 0.6 is 0 Å². The van der Waals surface area contributed by atoms with Gasteiger partial charge in [-0.1, -0.05) is 26.2 Å². The number of likely N-dealkylation sites (tertiary alicyclic amines) is 1. The van der Waals surface area contributed by atoms with Gasteiger partial charge in [-0.25, -0.2) is 0 Å². The van der Waals surface area contributed by atoms with Crippen LogP contribution < -0.4 is 0 Å². The monoisotopic (exact) mass is 309 g/mol. The van der Waals surface area contributed by atoms with E-state index in [4.69, 9.17) is 4.74 Å². The number of hydrogen-bond acceptors (Lipinski definition) is 3. The molecule has 0 amide bonds. The molecular weight excluding hydrogens is 274 g/mol. The normalized spacial score (nSPS) is 29.6. The van der Waals surface area contributed by atoms with E-state index in [9.17, 15) is 4.79 Å². The van der Waals surface area contributed by atoms with Crippen LogP contribution in [-0.2, 0) is 9.53 Å². The highest BCUT2D eigenvalue weighted by Gasteiger charge is 2.33. The summed E-state index contributed by atoms with van der Waals surface area (Å²) in [5, 5.41) is 0. The molecule has 3 heteroatoms. The number of hydrogen-bond donors (Lipinski definition) is 0. The van der Waals surface area contributed by atoms with Gasteiger partial charge in [0, 0.05) is 18.6 Å². The summed E-state index contributed by atoms with van der Waals surface area (Å²) in [6, 6.07) is 1.25. The fraction of sp³-hybridized carbons (Fsp3) is 0.947. The first-order valence-corrected chi connectivity index (χ1v) is 9.49. The molecule has 1 aliphatic carbocycles. The lowest BCUT2D eigenvalue weighted by Crippen LogP contribution is -2.40. The molecule has 2 fully saturated rings. The van der Waals surface area contributed by atoms with E-state index < -0.39 is 0 Å². The fourth-order valence-corrected chi connectivity index (χ4v) is 4.44. The van der Waals surface area contributed by atoms with Crippen molar-refractivity contribution >= 4 is 5.97 Å². The van der Waals surface area contributed by atoms with Crippen LogP contribution in [0.1, 0.15) is 79.1 Å². The van der Waals surface area contributed by atoms with Crippen molar-refractivity contribution in [1.29, 1.82) is 0 Å². The Hall–Kier alpha value is -0.570. The van der Waals surface area contributed by atoms with Gasteiger partial charge in [0.25, 0.3) is 0 Å². The Balaban J connectivity index is 1.85. The summed E-state index contributed by atoms with van der Waals surface area (Å²) in [7, 11) is 0. The van der Waals surface area contributed by atoms with Crippen LogP contribution in [0.5, 0.6) is 0 Å². The van der Waals surface area contributed by atoms with Gasteiger partial charge in [0.15, 0.2) is 0 Å². The van der Waals surface area contributed by atoms with Gasteiger partial charge in [0.05, 0.1) is 5.92 Å². The van der Waals surface area contributed by atoms with Gasteiger partial charge in [-0.3, -0.25) is 9.69 Å². The molecule has 0 bridgehead atoms. The first-order valence-electron chi connectivity index (χ1n) is 9.49. The summed E-state index contributed by atoms with van der Waals surface area (Å²) in [4.78, 5) is 15.1.